The van der Waals surface area contributed by atoms with Gasteiger partial charge >= 0.3 is 0 Å². The first kappa shape index (κ1) is 20.4. The van der Waals surface area contributed by atoms with E-state index in [-0.39, 0.29) is 19.1 Å². The van der Waals surface area contributed by atoms with Gasteiger partial charge in [-0.25, -0.2) is 0 Å². The molecule has 0 aliphatic carbocycles. The summed E-state index contributed by atoms with van der Waals surface area (Å²) >= 11 is 0. The summed E-state index contributed by atoms with van der Waals surface area (Å²) < 4.78 is 15.9. The second-order valence-electron chi connectivity index (χ2n) is 7.86. The van der Waals surface area contributed by atoms with Gasteiger partial charge in [0.05, 0.1) is 12.9 Å². The number of carbonyl (C=O) groups is 1. The second-order valence-corrected chi connectivity index (χ2v) is 7.86. The number of likely N-dealkylation sites (tertiary alicyclic amines) is 1. The highest BCUT2D eigenvalue weighted by molar-refractivity contribution is 5.91. The Morgan fingerprint density at radius 1 is 1.20 bits per heavy atom. The molecular formula is C23H27N3O4. The molecule has 0 spiro atoms. The Morgan fingerprint density at radius 2 is 2.00 bits per heavy atom. The molecule has 0 atom stereocenters. The molecule has 1 saturated heterocycles. The number of aromatic nitrogens is 1. The first-order valence-corrected chi connectivity index (χ1v) is 10.3. The molecule has 0 saturated carbocycles. The minimum Gasteiger partial charge on any atom is -0.461 e. The van der Waals surface area contributed by atoms with Gasteiger partial charge < -0.3 is 19.0 Å². The van der Waals surface area contributed by atoms with Gasteiger partial charge in [0.25, 0.3) is 0 Å². The maximum atomic E-state index is 12.1. The van der Waals surface area contributed by atoms with E-state index in [1.165, 1.54) is 18.4 Å². The molecule has 158 valence electrons. The molecule has 1 N–H and O–H groups in total. The van der Waals surface area contributed by atoms with E-state index in [1.807, 2.05) is 12.1 Å². The molecule has 3 aromatic rings. The normalized spacial score (nSPS) is 15.4. The summed E-state index contributed by atoms with van der Waals surface area (Å²) in [6, 6.07) is 13.3. The number of amides is 1. The SMILES string of the molecule is CC1CCN(Cc2ccc(NC(=O)COCc3cc(-c4ccco4)on3)cc2)CC1. The molecule has 3 heterocycles. The van der Waals surface area contributed by atoms with Crippen molar-refractivity contribution in [2.75, 3.05) is 25.0 Å². The van der Waals surface area contributed by atoms with Gasteiger partial charge in [0.1, 0.15) is 12.3 Å². The summed E-state index contributed by atoms with van der Waals surface area (Å²) in [6.45, 7) is 5.73. The smallest absolute Gasteiger partial charge is 0.250 e. The number of benzene rings is 1. The average molecular weight is 409 g/mol. The number of hydrogen-bond acceptors (Lipinski definition) is 6. The predicted octanol–water partition coefficient (Wildman–Crippen LogP) is 4.32. The number of nitrogens with zero attached hydrogens (tertiary/aromatic N) is 2. The van der Waals surface area contributed by atoms with Crippen LogP contribution in [0.1, 0.15) is 31.0 Å². The van der Waals surface area contributed by atoms with E-state index in [0.717, 1.165) is 31.2 Å². The zero-order valence-corrected chi connectivity index (χ0v) is 17.2. The number of carbonyl (C=O) groups excluding carboxylic acids is 1. The van der Waals surface area contributed by atoms with Crippen LogP contribution in [0.25, 0.3) is 11.5 Å². The van der Waals surface area contributed by atoms with Crippen LogP contribution in [0.5, 0.6) is 0 Å². The van der Waals surface area contributed by atoms with Crippen molar-refractivity contribution in [1.82, 2.24) is 10.1 Å². The minimum absolute atomic E-state index is 0.0589. The number of rotatable bonds is 8. The molecule has 0 radical (unpaired) electrons. The highest BCUT2D eigenvalue weighted by Gasteiger charge is 2.15. The zero-order valence-electron chi connectivity index (χ0n) is 17.2. The van der Waals surface area contributed by atoms with Crippen LogP contribution in [-0.4, -0.2) is 35.7 Å². The number of anilines is 1. The summed E-state index contributed by atoms with van der Waals surface area (Å²) in [5, 5.41) is 6.78. The standard InChI is InChI=1S/C23H27N3O4/c1-17-8-10-26(11-9-17)14-18-4-6-19(7-5-18)24-23(27)16-28-15-20-13-22(30-25-20)21-3-2-12-29-21/h2-7,12-13,17H,8-11,14-16H2,1H3,(H,24,27). The molecule has 7 nitrogen and oxygen atoms in total. The van der Waals surface area contributed by atoms with E-state index < -0.39 is 0 Å². The summed E-state index contributed by atoms with van der Waals surface area (Å²) in [4.78, 5) is 14.6. The lowest BCUT2D eigenvalue weighted by molar-refractivity contribution is -0.121. The third-order valence-electron chi connectivity index (χ3n) is 5.33. The quantitative estimate of drug-likeness (QED) is 0.597. The second kappa shape index (κ2) is 9.73. The molecule has 0 bridgehead atoms. The number of ether oxygens (including phenoxy) is 1. The number of furan rings is 1. The van der Waals surface area contributed by atoms with Gasteiger partial charge in [0, 0.05) is 18.3 Å². The third-order valence-corrected chi connectivity index (χ3v) is 5.33. The molecule has 1 amide bonds. The molecule has 2 aromatic heterocycles. The van der Waals surface area contributed by atoms with Gasteiger partial charge in [-0.15, -0.1) is 0 Å². The van der Waals surface area contributed by atoms with Crippen LogP contribution in [0.15, 0.2) is 57.7 Å². The summed E-state index contributed by atoms with van der Waals surface area (Å²) in [6.07, 6.45) is 4.11. The van der Waals surface area contributed by atoms with E-state index in [2.05, 4.69) is 34.4 Å². The first-order chi connectivity index (χ1) is 14.7. The Labute approximate surface area is 176 Å². The summed E-state index contributed by atoms with van der Waals surface area (Å²) in [5.41, 5.74) is 2.63. The first-order valence-electron chi connectivity index (χ1n) is 10.3. The predicted molar refractivity (Wildman–Crippen MR) is 113 cm³/mol. The number of piperidine rings is 1. The molecule has 0 unspecified atom stereocenters. The van der Waals surface area contributed by atoms with Crippen LogP contribution in [0, 0.1) is 5.92 Å². The van der Waals surface area contributed by atoms with Crippen molar-refractivity contribution in [3.05, 3.63) is 60.0 Å². The Bertz CT molecular complexity index is 926. The highest BCUT2D eigenvalue weighted by atomic mass is 16.5. The Kier molecular flexibility index (Phi) is 6.61. The van der Waals surface area contributed by atoms with Crippen LogP contribution >= 0.6 is 0 Å². The molecule has 1 aliphatic rings. The lowest BCUT2D eigenvalue weighted by Gasteiger charge is -2.30. The maximum Gasteiger partial charge on any atom is 0.250 e. The van der Waals surface area contributed by atoms with Crippen LogP contribution in [-0.2, 0) is 22.7 Å². The lowest BCUT2D eigenvalue weighted by Crippen LogP contribution is -2.32. The van der Waals surface area contributed by atoms with Crippen molar-refractivity contribution >= 4 is 11.6 Å². The van der Waals surface area contributed by atoms with Crippen molar-refractivity contribution in [3.63, 3.8) is 0 Å². The molecule has 1 aliphatic heterocycles. The fourth-order valence-corrected chi connectivity index (χ4v) is 3.53. The lowest BCUT2D eigenvalue weighted by atomic mass is 9.99. The minimum atomic E-state index is -0.206. The highest BCUT2D eigenvalue weighted by Crippen LogP contribution is 2.21. The Hall–Kier alpha value is -2.90. The van der Waals surface area contributed by atoms with E-state index >= 15 is 0 Å². The number of nitrogens with one attached hydrogen (secondary N) is 1. The van der Waals surface area contributed by atoms with Gasteiger partial charge in [-0.3, -0.25) is 9.69 Å². The van der Waals surface area contributed by atoms with Gasteiger partial charge in [0.15, 0.2) is 5.76 Å². The van der Waals surface area contributed by atoms with Crippen LogP contribution < -0.4 is 5.32 Å². The van der Waals surface area contributed by atoms with Gasteiger partial charge in [-0.1, -0.05) is 24.2 Å². The molecule has 30 heavy (non-hydrogen) atoms. The monoisotopic (exact) mass is 409 g/mol. The van der Waals surface area contributed by atoms with E-state index in [9.17, 15) is 4.79 Å². The van der Waals surface area contributed by atoms with Crippen molar-refractivity contribution in [1.29, 1.82) is 0 Å². The third kappa shape index (κ3) is 5.58. The van der Waals surface area contributed by atoms with Crippen LogP contribution in [0.2, 0.25) is 0 Å². The number of hydrogen-bond donors (Lipinski definition) is 1. The maximum absolute atomic E-state index is 12.1. The molecule has 4 rings (SSSR count). The van der Waals surface area contributed by atoms with Gasteiger partial charge in [-0.2, -0.15) is 0 Å². The Balaban J connectivity index is 1.19. The van der Waals surface area contributed by atoms with Crippen molar-refractivity contribution in [2.24, 2.45) is 5.92 Å². The molecule has 1 fully saturated rings. The fourth-order valence-electron chi connectivity index (χ4n) is 3.53. The van der Waals surface area contributed by atoms with Gasteiger partial charge in [-0.05, 0) is 61.7 Å². The largest absolute Gasteiger partial charge is 0.461 e. The summed E-state index contributed by atoms with van der Waals surface area (Å²) in [5.74, 6) is 1.76. The van der Waals surface area contributed by atoms with Crippen LogP contribution in [0.4, 0.5) is 5.69 Å². The van der Waals surface area contributed by atoms with Crippen molar-refractivity contribution in [3.8, 4) is 11.5 Å². The van der Waals surface area contributed by atoms with Crippen LogP contribution in [0.3, 0.4) is 0 Å². The van der Waals surface area contributed by atoms with Crippen molar-refractivity contribution in [2.45, 2.75) is 32.9 Å². The Morgan fingerprint density at radius 3 is 2.73 bits per heavy atom. The van der Waals surface area contributed by atoms with E-state index in [4.69, 9.17) is 13.7 Å². The van der Waals surface area contributed by atoms with Crippen molar-refractivity contribution < 1.29 is 18.5 Å². The van der Waals surface area contributed by atoms with E-state index in [1.54, 1.807) is 24.5 Å². The summed E-state index contributed by atoms with van der Waals surface area (Å²) in [7, 11) is 0. The molecule has 1 aromatic carbocycles. The fraction of sp³-hybridized carbons (Fsp3) is 0.391. The zero-order chi connectivity index (χ0) is 20.8. The molecule has 7 heteroatoms. The average Bonchev–Trinajstić information content (AvgIpc) is 3.43. The van der Waals surface area contributed by atoms with Gasteiger partial charge in [0.2, 0.25) is 11.7 Å². The topological polar surface area (TPSA) is 80.7 Å². The molecular weight excluding hydrogens is 382 g/mol. The van der Waals surface area contributed by atoms with E-state index in [0.29, 0.717) is 17.2 Å².